The van der Waals surface area contributed by atoms with Gasteiger partial charge in [-0.2, -0.15) is 0 Å². The van der Waals surface area contributed by atoms with Crippen molar-refractivity contribution in [2.45, 2.75) is 76.7 Å². The lowest BCUT2D eigenvalue weighted by atomic mass is 9.88. The van der Waals surface area contributed by atoms with Crippen LogP contribution in [-0.2, 0) is 0 Å². The first kappa shape index (κ1) is 15.0. The molecular formula is C15H31NO. The van der Waals surface area contributed by atoms with Gasteiger partial charge in [-0.05, 0) is 39.3 Å². The molecule has 1 aliphatic heterocycles. The summed E-state index contributed by atoms with van der Waals surface area (Å²) >= 11 is 0. The van der Waals surface area contributed by atoms with Gasteiger partial charge in [0.1, 0.15) is 0 Å². The summed E-state index contributed by atoms with van der Waals surface area (Å²) in [7, 11) is 2.16. The van der Waals surface area contributed by atoms with Gasteiger partial charge < -0.3 is 10.0 Å². The highest BCUT2D eigenvalue weighted by atomic mass is 16.3. The second kappa shape index (κ2) is 8.10. The van der Waals surface area contributed by atoms with Crippen LogP contribution in [0.5, 0.6) is 0 Å². The van der Waals surface area contributed by atoms with Gasteiger partial charge in [-0.25, -0.2) is 0 Å². The number of likely N-dealkylation sites (tertiary alicyclic amines) is 1. The maximum Gasteiger partial charge on any atom is 0.0660 e. The highest BCUT2D eigenvalue weighted by molar-refractivity contribution is 4.82. The minimum atomic E-state index is -0.352. The highest BCUT2D eigenvalue weighted by Gasteiger charge is 2.28. The van der Waals surface area contributed by atoms with Gasteiger partial charge in [0.25, 0.3) is 0 Å². The molecule has 0 aliphatic carbocycles. The lowest BCUT2D eigenvalue weighted by Gasteiger charge is -2.26. The number of hydrogen-bond acceptors (Lipinski definition) is 2. The normalized spacial score (nSPS) is 27.0. The van der Waals surface area contributed by atoms with Crippen molar-refractivity contribution in [3.05, 3.63) is 0 Å². The van der Waals surface area contributed by atoms with E-state index in [9.17, 15) is 5.11 Å². The van der Waals surface area contributed by atoms with Crippen LogP contribution in [0.1, 0.15) is 71.1 Å². The summed E-state index contributed by atoms with van der Waals surface area (Å²) in [4.78, 5) is 2.35. The van der Waals surface area contributed by atoms with Gasteiger partial charge in [-0.3, -0.25) is 0 Å². The molecule has 2 nitrogen and oxygen atoms in total. The Bertz CT molecular complexity index is 195. The molecule has 2 heteroatoms. The molecule has 0 aromatic heterocycles. The molecule has 0 saturated carbocycles. The monoisotopic (exact) mass is 241 g/mol. The first-order valence-electron chi connectivity index (χ1n) is 7.57. The largest absolute Gasteiger partial charge is 0.390 e. The maximum absolute atomic E-state index is 10.5. The Kier molecular flexibility index (Phi) is 7.14. The zero-order valence-electron chi connectivity index (χ0n) is 11.9. The Balaban J connectivity index is 2.11. The van der Waals surface area contributed by atoms with E-state index in [1.807, 2.05) is 0 Å². The van der Waals surface area contributed by atoms with E-state index in [2.05, 4.69) is 18.9 Å². The smallest absolute Gasteiger partial charge is 0.0660 e. The quantitative estimate of drug-likeness (QED) is 0.689. The van der Waals surface area contributed by atoms with Gasteiger partial charge in [0.2, 0.25) is 0 Å². The molecule has 1 heterocycles. The van der Waals surface area contributed by atoms with Crippen molar-refractivity contribution >= 4 is 0 Å². The molecule has 102 valence electrons. The van der Waals surface area contributed by atoms with Gasteiger partial charge >= 0.3 is 0 Å². The topological polar surface area (TPSA) is 23.5 Å². The molecule has 0 aromatic rings. The minimum Gasteiger partial charge on any atom is -0.390 e. The Labute approximate surface area is 107 Å². The zero-order chi connectivity index (χ0) is 12.6. The Morgan fingerprint density at radius 3 is 2.47 bits per heavy atom. The van der Waals surface area contributed by atoms with Crippen molar-refractivity contribution in [3.63, 3.8) is 0 Å². The lowest BCUT2D eigenvalue weighted by Crippen LogP contribution is -2.30. The van der Waals surface area contributed by atoms with Gasteiger partial charge in [0.05, 0.1) is 5.60 Å². The predicted octanol–water partition coefficient (Wildman–Crippen LogP) is 3.58. The van der Waals surface area contributed by atoms with Crippen LogP contribution in [0.25, 0.3) is 0 Å². The first-order valence-corrected chi connectivity index (χ1v) is 7.57. The Morgan fingerprint density at radius 2 is 1.71 bits per heavy atom. The number of hydrogen-bond donors (Lipinski definition) is 1. The number of aliphatic hydroxyl groups is 1. The van der Waals surface area contributed by atoms with Crippen LogP contribution in [0.3, 0.4) is 0 Å². The average molecular weight is 241 g/mol. The fourth-order valence-electron chi connectivity index (χ4n) is 2.80. The third-order valence-electron chi connectivity index (χ3n) is 4.14. The average Bonchev–Trinajstić information content (AvgIpc) is 2.47. The van der Waals surface area contributed by atoms with Crippen molar-refractivity contribution in [1.82, 2.24) is 4.90 Å². The van der Waals surface area contributed by atoms with Crippen LogP contribution in [0.15, 0.2) is 0 Å². The van der Waals surface area contributed by atoms with E-state index in [4.69, 9.17) is 0 Å². The maximum atomic E-state index is 10.5. The van der Waals surface area contributed by atoms with Gasteiger partial charge in [-0.1, -0.05) is 45.4 Å². The van der Waals surface area contributed by atoms with Crippen LogP contribution in [0.2, 0.25) is 0 Å². The molecule has 1 N–H and O–H groups in total. The van der Waals surface area contributed by atoms with E-state index in [0.717, 1.165) is 38.8 Å². The lowest BCUT2D eigenvalue weighted by molar-refractivity contribution is 0.0151. The molecule has 1 unspecified atom stereocenters. The van der Waals surface area contributed by atoms with E-state index in [1.54, 1.807) is 0 Å². The third-order valence-corrected chi connectivity index (χ3v) is 4.14. The molecule has 1 atom stereocenters. The summed E-state index contributed by atoms with van der Waals surface area (Å²) in [5.41, 5.74) is -0.352. The van der Waals surface area contributed by atoms with Crippen molar-refractivity contribution in [2.24, 2.45) is 0 Å². The standard InChI is InChI=1S/C15H31NO/c1-3-4-5-6-7-8-10-15(17)11-9-13-16(2)14-12-15/h17H,3-14H2,1-2H3. The summed E-state index contributed by atoms with van der Waals surface area (Å²) in [5, 5.41) is 10.5. The molecule has 0 radical (unpaired) electrons. The van der Waals surface area contributed by atoms with Crippen molar-refractivity contribution in [2.75, 3.05) is 20.1 Å². The van der Waals surface area contributed by atoms with Crippen LogP contribution in [0.4, 0.5) is 0 Å². The third kappa shape index (κ3) is 6.42. The number of nitrogens with zero attached hydrogens (tertiary/aromatic N) is 1. The molecule has 17 heavy (non-hydrogen) atoms. The fraction of sp³-hybridized carbons (Fsp3) is 1.00. The molecule has 1 rings (SSSR count). The van der Waals surface area contributed by atoms with E-state index in [-0.39, 0.29) is 5.60 Å². The number of rotatable bonds is 7. The van der Waals surface area contributed by atoms with Crippen molar-refractivity contribution in [3.8, 4) is 0 Å². The fourth-order valence-corrected chi connectivity index (χ4v) is 2.80. The minimum absolute atomic E-state index is 0.352. The first-order chi connectivity index (χ1) is 8.16. The Morgan fingerprint density at radius 1 is 1.00 bits per heavy atom. The summed E-state index contributed by atoms with van der Waals surface area (Å²) < 4.78 is 0. The molecule has 1 fully saturated rings. The van der Waals surface area contributed by atoms with E-state index in [0.29, 0.717) is 0 Å². The molecular weight excluding hydrogens is 210 g/mol. The molecule has 1 saturated heterocycles. The summed E-state index contributed by atoms with van der Waals surface area (Å²) in [5.74, 6) is 0. The second-order valence-corrected chi connectivity index (χ2v) is 5.90. The van der Waals surface area contributed by atoms with Gasteiger partial charge in [-0.15, -0.1) is 0 Å². The molecule has 0 spiro atoms. The van der Waals surface area contributed by atoms with Gasteiger partial charge in [0.15, 0.2) is 0 Å². The second-order valence-electron chi connectivity index (χ2n) is 5.90. The summed E-state index contributed by atoms with van der Waals surface area (Å²) in [6, 6.07) is 0. The van der Waals surface area contributed by atoms with Crippen LogP contribution >= 0.6 is 0 Å². The SMILES string of the molecule is CCCCCCCCC1(O)CCCN(C)CC1. The molecule has 0 aromatic carbocycles. The van der Waals surface area contributed by atoms with E-state index in [1.165, 1.54) is 38.5 Å². The molecule has 0 amide bonds. The van der Waals surface area contributed by atoms with Crippen LogP contribution in [0, 0.1) is 0 Å². The zero-order valence-corrected chi connectivity index (χ0v) is 11.9. The van der Waals surface area contributed by atoms with Crippen LogP contribution < -0.4 is 0 Å². The highest BCUT2D eigenvalue weighted by Crippen LogP contribution is 2.27. The van der Waals surface area contributed by atoms with Crippen molar-refractivity contribution < 1.29 is 5.11 Å². The molecule has 1 aliphatic rings. The predicted molar refractivity (Wildman–Crippen MR) is 74.3 cm³/mol. The summed E-state index contributed by atoms with van der Waals surface area (Å²) in [6.45, 7) is 4.47. The van der Waals surface area contributed by atoms with E-state index >= 15 is 0 Å². The summed E-state index contributed by atoms with van der Waals surface area (Å²) in [6.07, 6.45) is 12.1. The van der Waals surface area contributed by atoms with Crippen LogP contribution in [-0.4, -0.2) is 35.7 Å². The molecule has 0 bridgehead atoms. The van der Waals surface area contributed by atoms with Crippen molar-refractivity contribution in [1.29, 1.82) is 0 Å². The van der Waals surface area contributed by atoms with E-state index < -0.39 is 0 Å². The number of unbranched alkanes of at least 4 members (excludes halogenated alkanes) is 5. The Hall–Kier alpha value is -0.0800. The van der Waals surface area contributed by atoms with Gasteiger partial charge in [0, 0.05) is 6.54 Å².